The lowest BCUT2D eigenvalue weighted by atomic mass is 10.1. The summed E-state index contributed by atoms with van der Waals surface area (Å²) < 4.78 is 10.4. The molecule has 0 saturated carbocycles. The van der Waals surface area contributed by atoms with Crippen LogP contribution in [-0.2, 0) is 27.1 Å². The van der Waals surface area contributed by atoms with Crippen LogP contribution in [-0.4, -0.2) is 65.8 Å². The number of carbonyl (C=O) groups is 3. The van der Waals surface area contributed by atoms with Gasteiger partial charge in [-0.1, -0.05) is 23.6 Å². The fourth-order valence-electron chi connectivity index (χ4n) is 3.94. The summed E-state index contributed by atoms with van der Waals surface area (Å²) in [5, 5.41) is 9.89. The van der Waals surface area contributed by atoms with Crippen molar-refractivity contribution in [2.45, 2.75) is 32.3 Å². The minimum Gasteiger partial charge on any atom is -0.465 e. The van der Waals surface area contributed by atoms with Crippen LogP contribution in [0.2, 0.25) is 0 Å². The Morgan fingerprint density at radius 1 is 1.11 bits per heavy atom. The molecule has 1 fully saturated rings. The van der Waals surface area contributed by atoms with Crippen LogP contribution in [0.1, 0.15) is 43.9 Å². The number of hydrogen-bond donors (Lipinski definition) is 0. The molecule has 0 aromatic carbocycles. The highest BCUT2D eigenvalue weighted by Gasteiger charge is 2.28. The van der Waals surface area contributed by atoms with Gasteiger partial charge in [0.1, 0.15) is 11.0 Å². The van der Waals surface area contributed by atoms with Crippen LogP contribution in [0.3, 0.4) is 0 Å². The highest BCUT2D eigenvalue weighted by atomic mass is 32.2. The maximum Gasteiger partial charge on any atom is 0.348 e. The van der Waals surface area contributed by atoms with Crippen LogP contribution < -0.4 is 0 Å². The first-order valence-corrected chi connectivity index (χ1v) is 15.7. The largest absolute Gasteiger partial charge is 0.465 e. The van der Waals surface area contributed by atoms with Crippen molar-refractivity contribution >= 4 is 63.0 Å². The van der Waals surface area contributed by atoms with Gasteiger partial charge in [-0.2, -0.15) is 11.3 Å². The van der Waals surface area contributed by atoms with E-state index in [1.807, 2.05) is 28.3 Å². The van der Waals surface area contributed by atoms with Gasteiger partial charge in [-0.15, -0.1) is 22.7 Å². The van der Waals surface area contributed by atoms with Gasteiger partial charge in [0.15, 0.2) is 0 Å². The van der Waals surface area contributed by atoms with E-state index < -0.39 is 0 Å². The second-order valence-corrected chi connectivity index (χ2v) is 12.5. The maximum absolute atomic E-state index is 12.7. The number of rotatable bonds is 10. The average Bonchev–Trinajstić information content (AvgIpc) is 3.67. The van der Waals surface area contributed by atoms with E-state index in [-0.39, 0.29) is 23.3 Å². The molecule has 1 aliphatic heterocycles. The summed E-state index contributed by atoms with van der Waals surface area (Å²) in [6, 6.07) is 7.70. The second-order valence-electron chi connectivity index (χ2n) is 8.49. The summed E-state index contributed by atoms with van der Waals surface area (Å²) in [6.45, 7) is 3.28. The highest BCUT2D eigenvalue weighted by molar-refractivity contribution is 8.13. The number of amides is 1. The van der Waals surface area contributed by atoms with Gasteiger partial charge in [-0.3, -0.25) is 14.6 Å². The van der Waals surface area contributed by atoms with E-state index in [0.29, 0.717) is 37.2 Å². The van der Waals surface area contributed by atoms with Gasteiger partial charge in [-0.05, 0) is 36.1 Å². The second kappa shape index (κ2) is 14.0. The van der Waals surface area contributed by atoms with E-state index in [1.54, 1.807) is 33.7 Å². The number of hydrazine groups is 1. The molecular formula is C27H28N2O5S4. The summed E-state index contributed by atoms with van der Waals surface area (Å²) in [4.78, 5) is 39.0. The Bertz CT molecular complexity index is 1300. The molecule has 0 spiro atoms. The molecule has 1 unspecified atom stereocenters. The van der Waals surface area contributed by atoms with Crippen LogP contribution in [0.5, 0.6) is 0 Å². The van der Waals surface area contributed by atoms with E-state index in [0.717, 1.165) is 33.2 Å². The molecule has 0 bridgehead atoms. The number of hydrogen-bond acceptors (Lipinski definition) is 10. The number of thioether (sulfide) groups is 1. The molecule has 1 saturated heterocycles. The SMILES string of the molecule is COC(=O)c1ccc(CCN2C(=O)SCCN2CCC(Cc2cc(C#Cc3ccsc3)cs2)OC(C)=O)s1. The van der Waals surface area contributed by atoms with E-state index in [4.69, 9.17) is 9.47 Å². The molecule has 38 heavy (non-hydrogen) atoms. The Labute approximate surface area is 238 Å². The summed E-state index contributed by atoms with van der Waals surface area (Å²) >= 11 is 5.93. The van der Waals surface area contributed by atoms with Crippen molar-refractivity contribution < 1.29 is 23.9 Å². The Morgan fingerprint density at radius 2 is 1.95 bits per heavy atom. The molecule has 7 nitrogen and oxygen atoms in total. The molecule has 200 valence electrons. The standard InChI is InChI=1S/C27H28N2O5S4/c1-19(30)34-22(16-24-15-21(18-37-24)4-3-20-9-13-35-17-20)7-10-28-12-14-36-27(32)29(28)11-8-23-5-6-25(38-23)26(31)33-2/h5-6,9,13,15,17-18,22H,7-8,10-12,14,16H2,1-2H3. The van der Waals surface area contributed by atoms with Crippen molar-refractivity contribution in [2.24, 2.45) is 0 Å². The lowest BCUT2D eigenvalue weighted by molar-refractivity contribution is -0.147. The van der Waals surface area contributed by atoms with Crippen LogP contribution in [0.4, 0.5) is 4.79 Å². The number of carbonyl (C=O) groups excluding carboxylic acids is 3. The quantitative estimate of drug-likeness (QED) is 0.227. The monoisotopic (exact) mass is 588 g/mol. The van der Waals surface area contributed by atoms with Crippen LogP contribution in [0.25, 0.3) is 0 Å². The zero-order valence-electron chi connectivity index (χ0n) is 21.1. The Kier molecular flexibility index (Phi) is 10.4. The number of thiophene rings is 3. The Hall–Kier alpha value is -2.62. The lowest BCUT2D eigenvalue weighted by Gasteiger charge is -2.38. The first kappa shape index (κ1) is 28.4. The average molecular weight is 589 g/mol. The van der Waals surface area contributed by atoms with Gasteiger partial charge in [-0.25, -0.2) is 9.80 Å². The molecule has 1 amide bonds. The zero-order chi connectivity index (χ0) is 26.9. The van der Waals surface area contributed by atoms with Gasteiger partial charge in [0.2, 0.25) is 0 Å². The fraction of sp³-hybridized carbons (Fsp3) is 0.370. The van der Waals surface area contributed by atoms with E-state index in [9.17, 15) is 14.4 Å². The Morgan fingerprint density at radius 3 is 2.71 bits per heavy atom. The van der Waals surface area contributed by atoms with Crippen LogP contribution in [0.15, 0.2) is 40.4 Å². The zero-order valence-corrected chi connectivity index (χ0v) is 24.4. The number of methoxy groups -OCH3 is 1. The maximum atomic E-state index is 12.7. The number of esters is 2. The van der Waals surface area contributed by atoms with Crippen molar-refractivity contribution in [3.63, 3.8) is 0 Å². The summed E-state index contributed by atoms with van der Waals surface area (Å²) in [5.41, 5.74) is 1.95. The molecule has 3 aromatic heterocycles. The predicted molar refractivity (Wildman–Crippen MR) is 154 cm³/mol. The highest BCUT2D eigenvalue weighted by Crippen LogP contribution is 2.24. The van der Waals surface area contributed by atoms with Crippen molar-refractivity contribution in [1.82, 2.24) is 10.0 Å². The summed E-state index contributed by atoms with van der Waals surface area (Å²) in [6.07, 6.45) is 1.55. The molecular weight excluding hydrogens is 561 g/mol. The van der Waals surface area contributed by atoms with Crippen molar-refractivity contribution in [2.75, 3.05) is 32.5 Å². The topological polar surface area (TPSA) is 76.2 Å². The third kappa shape index (κ3) is 8.19. The molecule has 1 atom stereocenters. The van der Waals surface area contributed by atoms with Gasteiger partial charge < -0.3 is 9.47 Å². The Balaban J connectivity index is 1.35. The first-order chi connectivity index (χ1) is 18.4. The molecule has 1 aliphatic rings. The third-order valence-corrected chi connectivity index (χ3v) is 9.35. The first-order valence-electron chi connectivity index (χ1n) is 12.1. The van der Waals surface area contributed by atoms with Crippen molar-refractivity contribution in [1.29, 1.82) is 0 Å². The molecule has 4 rings (SSSR count). The lowest BCUT2D eigenvalue weighted by Crippen LogP contribution is -2.51. The summed E-state index contributed by atoms with van der Waals surface area (Å²) in [7, 11) is 1.37. The molecule has 11 heteroatoms. The molecule has 0 aliphatic carbocycles. The van der Waals surface area contributed by atoms with Gasteiger partial charge in [0.05, 0.1) is 7.11 Å². The molecule has 0 radical (unpaired) electrons. The molecule has 4 heterocycles. The van der Waals surface area contributed by atoms with Crippen LogP contribution >= 0.6 is 45.8 Å². The smallest absolute Gasteiger partial charge is 0.348 e. The van der Waals surface area contributed by atoms with E-state index >= 15 is 0 Å². The molecule has 0 N–H and O–H groups in total. The summed E-state index contributed by atoms with van der Waals surface area (Å²) in [5.74, 6) is 6.41. The third-order valence-electron chi connectivity index (χ3n) is 5.74. The fourth-order valence-corrected chi connectivity index (χ4v) is 7.16. The van der Waals surface area contributed by atoms with E-state index in [1.165, 1.54) is 37.1 Å². The van der Waals surface area contributed by atoms with Gasteiger partial charge in [0, 0.05) is 76.8 Å². The van der Waals surface area contributed by atoms with Gasteiger partial charge in [0.25, 0.3) is 5.24 Å². The minimum atomic E-state index is -0.351. The predicted octanol–water partition coefficient (Wildman–Crippen LogP) is 5.55. The van der Waals surface area contributed by atoms with Crippen molar-refractivity contribution in [3.05, 3.63) is 66.2 Å². The minimum absolute atomic E-state index is 0.0112. The molecule has 3 aromatic rings. The van der Waals surface area contributed by atoms with Gasteiger partial charge >= 0.3 is 11.9 Å². The van der Waals surface area contributed by atoms with Crippen molar-refractivity contribution in [3.8, 4) is 11.8 Å². The number of ether oxygens (including phenoxy) is 2. The van der Waals surface area contributed by atoms with E-state index in [2.05, 4.69) is 22.9 Å². The normalized spacial score (nSPS) is 14.6. The van der Waals surface area contributed by atoms with Crippen LogP contribution in [0, 0.1) is 11.8 Å². The number of nitrogens with zero attached hydrogens (tertiary/aromatic N) is 2.